The maximum Gasteiger partial charge on any atom is 0.503 e. The van der Waals surface area contributed by atoms with Crippen molar-refractivity contribution in [2.75, 3.05) is 24.5 Å². The molecule has 1 aliphatic heterocycles. The van der Waals surface area contributed by atoms with Crippen molar-refractivity contribution in [3.05, 3.63) is 28.8 Å². The highest BCUT2D eigenvalue weighted by Gasteiger charge is 2.31. The number of rotatable bonds is 7. The first-order valence-electron chi connectivity index (χ1n) is 8.80. The van der Waals surface area contributed by atoms with E-state index in [-0.39, 0.29) is 18.0 Å². The quantitative estimate of drug-likeness (QED) is 0.138. The van der Waals surface area contributed by atoms with E-state index in [4.69, 9.17) is 36.9 Å². The Morgan fingerprint density at radius 1 is 1.27 bits per heavy atom. The number of oxime groups is 1. The van der Waals surface area contributed by atoms with Crippen LogP contribution in [-0.4, -0.2) is 70.2 Å². The molecule has 0 aliphatic carbocycles. The Morgan fingerprint density at radius 3 is 2.37 bits per heavy atom. The lowest BCUT2D eigenvalue weighted by atomic mass is 10.2. The Bertz CT molecular complexity index is 766. The molecule has 0 aromatic heterocycles. The molecule has 0 saturated carbocycles. The number of hydrogen-bond acceptors (Lipinski definition) is 7. The number of carboxylic acid groups (broad SMARTS) is 3. The van der Waals surface area contributed by atoms with Gasteiger partial charge in [-0.2, -0.15) is 0 Å². The number of Topliss-reactive ketones (excluding diaryl/α,β-unsaturated/α-hetero) is 1. The number of unbranched alkanes of at least 4 members (excludes halogenated alkanes) is 1. The zero-order chi connectivity index (χ0) is 23.1. The van der Waals surface area contributed by atoms with Gasteiger partial charge in [-0.3, -0.25) is 14.4 Å². The summed E-state index contributed by atoms with van der Waals surface area (Å²) < 4.78 is 0. The van der Waals surface area contributed by atoms with Crippen LogP contribution in [0.15, 0.2) is 23.4 Å². The molecule has 1 aromatic rings. The smallest absolute Gasteiger partial charge is 0.480 e. The average molecular weight is 446 g/mol. The third-order valence-corrected chi connectivity index (χ3v) is 3.94. The molecule has 1 fully saturated rings. The molecule has 0 spiro atoms. The number of ketones is 1. The number of nitrogens with one attached hydrogen (secondary N) is 1. The van der Waals surface area contributed by atoms with Crippen LogP contribution in [0.1, 0.15) is 31.7 Å². The van der Waals surface area contributed by atoms with Crippen molar-refractivity contribution >= 4 is 47.3 Å². The summed E-state index contributed by atoms with van der Waals surface area (Å²) in [6.45, 7) is 3.29. The van der Waals surface area contributed by atoms with Gasteiger partial charge >= 0.3 is 12.1 Å². The number of aliphatic carboxylic acids is 1. The highest BCUT2D eigenvalue weighted by Crippen LogP contribution is 2.30. The summed E-state index contributed by atoms with van der Waals surface area (Å²) in [5.41, 5.74) is 0.943. The van der Waals surface area contributed by atoms with E-state index in [2.05, 4.69) is 17.4 Å². The molecule has 12 heteroatoms. The molecule has 0 atom stereocenters. The molecule has 5 N–H and O–H groups in total. The third kappa shape index (κ3) is 10.4. The van der Waals surface area contributed by atoms with Crippen molar-refractivity contribution in [3.63, 3.8) is 0 Å². The molecule has 0 unspecified atom stereocenters. The van der Waals surface area contributed by atoms with Crippen LogP contribution >= 0.6 is 11.6 Å². The SMILES string of the molecule is CCCCNCC(=O)O.O=C(O)O.O=C1CCN(c2cccc(C=NO)c2Cl)C1=O. The highest BCUT2D eigenvalue weighted by atomic mass is 35.5. The summed E-state index contributed by atoms with van der Waals surface area (Å²) in [5.74, 6) is -1.75. The third-order valence-electron chi connectivity index (χ3n) is 3.53. The van der Waals surface area contributed by atoms with Crippen molar-refractivity contribution in [2.24, 2.45) is 5.16 Å². The van der Waals surface area contributed by atoms with E-state index in [9.17, 15) is 14.4 Å². The van der Waals surface area contributed by atoms with Crippen molar-refractivity contribution in [3.8, 4) is 0 Å². The van der Waals surface area contributed by atoms with E-state index < -0.39 is 23.8 Å². The predicted octanol–water partition coefficient (Wildman–Crippen LogP) is 2.14. The molecular formula is C18H24ClN3O8. The number of halogens is 1. The van der Waals surface area contributed by atoms with Gasteiger partial charge in [0.25, 0.3) is 5.91 Å². The summed E-state index contributed by atoms with van der Waals surface area (Å²) in [4.78, 5) is 42.5. The van der Waals surface area contributed by atoms with Gasteiger partial charge in [0.1, 0.15) is 0 Å². The van der Waals surface area contributed by atoms with Crippen molar-refractivity contribution in [1.82, 2.24) is 5.32 Å². The van der Waals surface area contributed by atoms with E-state index >= 15 is 0 Å². The second-order valence-electron chi connectivity index (χ2n) is 5.76. The molecule has 166 valence electrons. The fourth-order valence-electron chi connectivity index (χ4n) is 2.21. The van der Waals surface area contributed by atoms with E-state index in [1.54, 1.807) is 18.2 Å². The summed E-state index contributed by atoms with van der Waals surface area (Å²) in [5, 5.41) is 36.5. The van der Waals surface area contributed by atoms with Crippen LogP contribution in [0.3, 0.4) is 0 Å². The molecule has 1 aromatic carbocycles. The number of amides is 1. The van der Waals surface area contributed by atoms with E-state index in [1.165, 1.54) is 11.1 Å². The lowest BCUT2D eigenvalue weighted by Crippen LogP contribution is -2.27. The number of carboxylic acids is 1. The van der Waals surface area contributed by atoms with E-state index in [0.29, 0.717) is 17.8 Å². The Balaban J connectivity index is 0.000000545. The molecule has 0 bridgehead atoms. The first-order valence-corrected chi connectivity index (χ1v) is 9.18. The molecule has 1 saturated heterocycles. The van der Waals surface area contributed by atoms with Crippen LogP contribution in [0.4, 0.5) is 10.5 Å². The van der Waals surface area contributed by atoms with E-state index in [1.807, 2.05) is 0 Å². The molecule has 1 aliphatic rings. The van der Waals surface area contributed by atoms with Gasteiger partial charge in [0.2, 0.25) is 5.78 Å². The summed E-state index contributed by atoms with van der Waals surface area (Å²) in [6, 6.07) is 4.97. The summed E-state index contributed by atoms with van der Waals surface area (Å²) in [6.07, 6.45) is 1.70. The van der Waals surface area contributed by atoms with Crippen LogP contribution < -0.4 is 10.2 Å². The van der Waals surface area contributed by atoms with Crippen molar-refractivity contribution < 1.29 is 39.7 Å². The van der Waals surface area contributed by atoms with Crippen LogP contribution in [0.25, 0.3) is 0 Å². The first-order chi connectivity index (χ1) is 14.1. The Labute approximate surface area is 177 Å². The molecular weight excluding hydrogens is 422 g/mol. The fraction of sp³-hybridized carbons (Fsp3) is 0.389. The van der Waals surface area contributed by atoms with Crippen LogP contribution in [0.5, 0.6) is 0 Å². The highest BCUT2D eigenvalue weighted by molar-refractivity contribution is 6.45. The van der Waals surface area contributed by atoms with Gasteiger partial charge in [-0.25, -0.2) is 4.79 Å². The van der Waals surface area contributed by atoms with E-state index in [0.717, 1.165) is 19.4 Å². The summed E-state index contributed by atoms with van der Waals surface area (Å²) in [7, 11) is 0. The summed E-state index contributed by atoms with van der Waals surface area (Å²) >= 11 is 6.07. The van der Waals surface area contributed by atoms with Gasteiger partial charge in [0.15, 0.2) is 0 Å². The van der Waals surface area contributed by atoms with Gasteiger partial charge in [0, 0.05) is 18.5 Å². The largest absolute Gasteiger partial charge is 0.503 e. The lowest BCUT2D eigenvalue weighted by molar-refractivity contribution is -0.136. The Morgan fingerprint density at radius 2 is 1.90 bits per heavy atom. The van der Waals surface area contributed by atoms with Gasteiger partial charge in [-0.05, 0) is 19.0 Å². The normalized spacial score (nSPS) is 12.8. The standard InChI is InChI=1S/C11H9ClN2O3.C6H13NO2.CH2O3/c12-10-7(6-13-17)2-1-3-8(10)14-5-4-9(15)11(14)16;1-2-3-4-7-5-6(8)9;2-1(3)4/h1-3,6,17H,4-5H2;7H,2-5H2,1H3,(H,8,9);(H2,2,3,4). The molecule has 1 heterocycles. The number of hydrogen-bond donors (Lipinski definition) is 5. The fourth-order valence-corrected chi connectivity index (χ4v) is 2.48. The Hall–Kier alpha value is -3.18. The zero-order valence-corrected chi connectivity index (χ0v) is 17.0. The van der Waals surface area contributed by atoms with Crippen LogP contribution in [-0.2, 0) is 14.4 Å². The van der Waals surface area contributed by atoms with Crippen LogP contribution in [0, 0.1) is 0 Å². The number of carbonyl (C=O) groups excluding carboxylic acids is 2. The van der Waals surface area contributed by atoms with Crippen molar-refractivity contribution in [1.29, 1.82) is 0 Å². The average Bonchev–Trinajstić information content (AvgIpc) is 3.00. The molecule has 2 rings (SSSR count). The number of anilines is 1. The lowest BCUT2D eigenvalue weighted by Gasteiger charge is -2.17. The van der Waals surface area contributed by atoms with Gasteiger partial charge in [0.05, 0.1) is 23.5 Å². The molecule has 11 nitrogen and oxygen atoms in total. The monoisotopic (exact) mass is 445 g/mol. The second kappa shape index (κ2) is 14.8. The minimum Gasteiger partial charge on any atom is -0.480 e. The Kier molecular flexibility index (Phi) is 13.2. The maximum atomic E-state index is 11.6. The topological polar surface area (TPSA) is 177 Å². The minimum atomic E-state index is -1.83. The second-order valence-corrected chi connectivity index (χ2v) is 6.14. The number of carbonyl (C=O) groups is 4. The maximum absolute atomic E-state index is 11.6. The van der Waals surface area contributed by atoms with Crippen molar-refractivity contribution in [2.45, 2.75) is 26.2 Å². The number of benzene rings is 1. The van der Waals surface area contributed by atoms with Gasteiger partial charge in [-0.1, -0.05) is 42.2 Å². The minimum absolute atomic E-state index is 0.0833. The molecule has 0 radical (unpaired) electrons. The molecule has 30 heavy (non-hydrogen) atoms. The molecule has 1 amide bonds. The first kappa shape index (κ1) is 26.8. The van der Waals surface area contributed by atoms with Crippen LogP contribution in [0.2, 0.25) is 5.02 Å². The van der Waals surface area contributed by atoms with Gasteiger partial charge < -0.3 is 30.7 Å². The zero-order valence-electron chi connectivity index (χ0n) is 16.2. The van der Waals surface area contributed by atoms with Gasteiger partial charge in [-0.15, -0.1) is 0 Å². The predicted molar refractivity (Wildman–Crippen MR) is 109 cm³/mol. The number of nitrogens with zero attached hydrogens (tertiary/aromatic N) is 2.